The lowest BCUT2D eigenvalue weighted by atomic mass is 10.1. The first-order chi connectivity index (χ1) is 17.8. The zero-order valence-electron chi connectivity index (χ0n) is 19.8. The van der Waals surface area contributed by atoms with E-state index < -0.39 is 17.1 Å². The van der Waals surface area contributed by atoms with Crippen LogP contribution in [0.4, 0.5) is 4.79 Å². The SMILES string of the molecule is COc1cc(/C=C2\SC(=O)N(CCOc3ccccc3Cl)C2=O)cc(Cl)c1OC(=O)c1ccc(C)cc1. The van der Waals surface area contributed by atoms with Crippen LogP contribution in [0.1, 0.15) is 21.5 Å². The van der Waals surface area contributed by atoms with Crippen LogP contribution in [-0.2, 0) is 4.79 Å². The summed E-state index contributed by atoms with van der Waals surface area (Å²) in [6.07, 6.45) is 1.53. The molecule has 1 aliphatic rings. The molecule has 1 saturated heterocycles. The van der Waals surface area contributed by atoms with Crippen molar-refractivity contribution in [2.24, 2.45) is 0 Å². The molecule has 0 bridgehead atoms. The van der Waals surface area contributed by atoms with Gasteiger partial charge in [-0.2, -0.15) is 0 Å². The summed E-state index contributed by atoms with van der Waals surface area (Å²) in [5.74, 6) is -0.323. The summed E-state index contributed by atoms with van der Waals surface area (Å²) >= 11 is 13.3. The van der Waals surface area contributed by atoms with Gasteiger partial charge in [-0.3, -0.25) is 14.5 Å². The third kappa shape index (κ3) is 6.28. The number of aryl methyl sites for hydroxylation is 1. The minimum Gasteiger partial charge on any atom is -0.493 e. The maximum atomic E-state index is 12.9. The molecule has 0 N–H and O–H groups in total. The molecule has 0 aromatic heterocycles. The maximum absolute atomic E-state index is 12.9. The van der Waals surface area contributed by atoms with Crippen molar-refractivity contribution in [1.82, 2.24) is 4.90 Å². The second kappa shape index (κ2) is 11.7. The molecular weight excluding hydrogens is 537 g/mol. The molecule has 3 aromatic carbocycles. The highest BCUT2D eigenvalue weighted by molar-refractivity contribution is 8.18. The third-order valence-electron chi connectivity index (χ3n) is 5.31. The van der Waals surface area contributed by atoms with E-state index in [0.717, 1.165) is 22.2 Å². The van der Waals surface area contributed by atoms with Crippen LogP contribution < -0.4 is 14.2 Å². The molecule has 0 atom stereocenters. The molecule has 3 aromatic rings. The Labute approximate surface area is 227 Å². The van der Waals surface area contributed by atoms with Gasteiger partial charge in [-0.15, -0.1) is 0 Å². The Kier molecular flexibility index (Phi) is 8.43. The third-order valence-corrected chi connectivity index (χ3v) is 6.81. The summed E-state index contributed by atoms with van der Waals surface area (Å²) in [7, 11) is 1.41. The van der Waals surface area contributed by atoms with E-state index in [-0.39, 0.29) is 34.6 Å². The zero-order chi connectivity index (χ0) is 26.5. The Morgan fingerprint density at radius 2 is 1.73 bits per heavy atom. The van der Waals surface area contributed by atoms with Gasteiger partial charge in [0.1, 0.15) is 12.4 Å². The molecule has 37 heavy (non-hydrogen) atoms. The number of esters is 1. The topological polar surface area (TPSA) is 82.1 Å². The summed E-state index contributed by atoms with van der Waals surface area (Å²) in [5, 5.41) is 0.134. The van der Waals surface area contributed by atoms with Crippen molar-refractivity contribution in [3.8, 4) is 17.2 Å². The maximum Gasteiger partial charge on any atom is 0.343 e. The van der Waals surface area contributed by atoms with Crippen LogP contribution in [0.2, 0.25) is 10.0 Å². The number of carbonyl (C=O) groups is 3. The number of ether oxygens (including phenoxy) is 3. The quantitative estimate of drug-likeness (QED) is 0.174. The molecule has 0 spiro atoms. The van der Waals surface area contributed by atoms with E-state index in [2.05, 4.69) is 0 Å². The zero-order valence-corrected chi connectivity index (χ0v) is 22.2. The number of thioether (sulfide) groups is 1. The number of halogens is 2. The predicted octanol–water partition coefficient (Wildman–Crippen LogP) is 6.64. The lowest BCUT2D eigenvalue weighted by Gasteiger charge is -2.14. The predicted molar refractivity (Wildman–Crippen MR) is 144 cm³/mol. The average Bonchev–Trinajstić information content (AvgIpc) is 3.14. The number of para-hydroxylation sites is 1. The molecule has 2 amide bonds. The molecule has 0 saturated carbocycles. The fourth-order valence-electron chi connectivity index (χ4n) is 3.42. The van der Waals surface area contributed by atoms with Crippen LogP contribution in [0.3, 0.4) is 0 Å². The van der Waals surface area contributed by atoms with Gasteiger partial charge in [0.05, 0.1) is 34.2 Å². The molecule has 1 heterocycles. The number of benzene rings is 3. The summed E-state index contributed by atoms with van der Waals surface area (Å²) in [6, 6.07) is 16.9. The number of hydrogen-bond acceptors (Lipinski definition) is 7. The van der Waals surface area contributed by atoms with Gasteiger partial charge in [0.25, 0.3) is 11.1 Å². The second-order valence-electron chi connectivity index (χ2n) is 7.90. The number of rotatable bonds is 8. The van der Waals surface area contributed by atoms with E-state index in [9.17, 15) is 14.4 Å². The first-order valence-electron chi connectivity index (χ1n) is 11.1. The standard InChI is InChI=1S/C27H21Cl2NO6S/c1-16-7-9-18(10-8-16)26(32)36-24-20(29)13-17(14-22(24)34-2)15-23-25(31)30(27(33)37-23)11-12-35-21-6-4-3-5-19(21)28/h3-10,13-15H,11-12H2,1-2H3/b23-15-. The van der Waals surface area contributed by atoms with Gasteiger partial charge < -0.3 is 14.2 Å². The molecule has 0 aliphatic carbocycles. The number of nitrogens with zero attached hydrogens (tertiary/aromatic N) is 1. The Hall–Kier alpha value is -3.46. The normalized spacial score (nSPS) is 14.3. The Morgan fingerprint density at radius 1 is 1.00 bits per heavy atom. The fourth-order valence-corrected chi connectivity index (χ4v) is 4.73. The average molecular weight is 558 g/mol. The number of hydrogen-bond donors (Lipinski definition) is 0. The molecule has 0 unspecified atom stereocenters. The van der Waals surface area contributed by atoms with Gasteiger partial charge in [0.15, 0.2) is 11.5 Å². The molecule has 7 nitrogen and oxygen atoms in total. The first kappa shape index (κ1) is 26.6. The van der Waals surface area contributed by atoms with E-state index in [4.69, 9.17) is 37.4 Å². The van der Waals surface area contributed by atoms with Gasteiger partial charge in [-0.25, -0.2) is 4.79 Å². The molecular formula is C27H21Cl2NO6S. The molecule has 190 valence electrons. The van der Waals surface area contributed by atoms with E-state index >= 15 is 0 Å². The minimum atomic E-state index is -0.590. The fraction of sp³-hybridized carbons (Fsp3) is 0.148. The van der Waals surface area contributed by atoms with Crippen molar-refractivity contribution < 1.29 is 28.6 Å². The van der Waals surface area contributed by atoms with Gasteiger partial charge >= 0.3 is 5.97 Å². The molecule has 10 heteroatoms. The summed E-state index contributed by atoms with van der Waals surface area (Å²) in [5.41, 5.74) is 1.86. The van der Waals surface area contributed by atoms with E-state index in [1.54, 1.807) is 54.6 Å². The van der Waals surface area contributed by atoms with Crippen molar-refractivity contribution in [2.45, 2.75) is 6.92 Å². The van der Waals surface area contributed by atoms with Crippen LogP contribution in [0.25, 0.3) is 6.08 Å². The molecule has 0 radical (unpaired) electrons. The largest absolute Gasteiger partial charge is 0.493 e. The summed E-state index contributed by atoms with van der Waals surface area (Å²) in [4.78, 5) is 39.2. The highest BCUT2D eigenvalue weighted by Gasteiger charge is 2.35. The number of amides is 2. The minimum absolute atomic E-state index is 0.0525. The molecule has 1 aliphatic heterocycles. The summed E-state index contributed by atoms with van der Waals surface area (Å²) in [6.45, 7) is 2.07. The van der Waals surface area contributed by atoms with Crippen molar-refractivity contribution in [1.29, 1.82) is 0 Å². The highest BCUT2D eigenvalue weighted by Crippen LogP contribution is 2.39. The van der Waals surface area contributed by atoms with Gasteiger partial charge in [-0.05, 0) is 66.7 Å². The van der Waals surface area contributed by atoms with Crippen LogP contribution in [-0.4, -0.2) is 42.3 Å². The van der Waals surface area contributed by atoms with E-state index in [1.165, 1.54) is 19.3 Å². The highest BCUT2D eigenvalue weighted by atomic mass is 35.5. The van der Waals surface area contributed by atoms with Crippen molar-refractivity contribution >= 4 is 58.2 Å². The smallest absolute Gasteiger partial charge is 0.343 e. The van der Waals surface area contributed by atoms with E-state index in [0.29, 0.717) is 21.9 Å². The monoisotopic (exact) mass is 557 g/mol. The van der Waals surface area contributed by atoms with Crippen LogP contribution in [0.15, 0.2) is 65.6 Å². The van der Waals surface area contributed by atoms with Crippen LogP contribution in [0, 0.1) is 6.92 Å². The lowest BCUT2D eigenvalue weighted by molar-refractivity contribution is -0.123. The van der Waals surface area contributed by atoms with Crippen LogP contribution >= 0.6 is 35.0 Å². The van der Waals surface area contributed by atoms with Crippen molar-refractivity contribution in [3.05, 3.63) is 92.3 Å². The summed E-state index contributed by atoms with van der Waals surface area (Å²) < 4.78 is 16.5. The molecule has 4 rings (SSSR count). The first-order valence-corrected chi connectivity index (χ1v) is 12.6. The van der Waals surface area contributed by atoms with Gasteiger partial charge in [-0.1, -0.05) is 53.0 Å². The van der Waals surface area contributed by atoms with Crippen LogP contribution in [0.5, 0.6) is 17.2 Å². The lowest BCUT2D eigenvalue weighted by Crippen LogP contribution is -2.32. The Bertz CT molecular complexity index is 1390. The van der Waals surface area contributed by atoms with E-state index in [1.807, 2.05) is 6.92 Å². The van der Waals surface area contributed by atoms with Gasteiger partial charge in [0, 0.05) is 0 Å². The Balaban J connectivity index is 1.47. The Morgan fingerprint density at radius 3 is 2.43 bits per heavy atom. The number of carbonyl (C=O) groups excluding carboxylic acids is 3. The van der Waals surface area contributed by atoms with Crippen molar-refractivity contribution in [2.75, 3.05) is 20.3 Å². The van der Waals surface area contributed by atoms with Crippen molar-refractivity contribution in [3.63, 3.8) is 0 Å². The molecule has 1 fully saturated rings. The number of imide groups is 1. The second-order valence-corrected chi connectivity index (χ2v) is 9.71. The number of methoxy groups -OCH3 is 1. The van der Waals surface area contributed by atoms with Gasteiger partial charge in [0.2, 0.25) is 0 Å².